The summed E-state index contributed by atoms with van der Waals surface area (Å²) in [4.78, 5) is 21.2. The lowest BCUT2D eigenvalue weighted by molar-refractivity contribution is -0.386. The number of carboxylic acid groups (broad SMARTS) is 1. The number of nitro benzene ring substituents is 1. The number of carbonyl (C=O) groups is 1. The summed E-state index contributed by atoms with van der Waals surface area (Å²) in [5, 5.41) is 19.8. The lowest BCUT2D eigenvalue weighted by atomic mass is 10.0. The number of ether oxygens (including phenoxy) is 1. The smallest absolute Gasteiger partial charge is 0.335 e. The Labute approximate surface area is 104 Å². The number of hydrogen-bond acceptors (Lipinski definition) is 4. The highest BCUT2D eigenvalue weighted by atomic mass is 16.6. The number of aromatic carboxylic acids is 1. The molecule has 0 saturated carbocycles. The minimum atomic E-state index is -1.12. The summed E-state index contributed by atoms with van der Waals surface area (Å²) in [6.07, 6.45) is -0.641. The molecule has 1 N–H and O–H groups in total. The van der Waals surface area contributed by atoms with E-state index in [1.165, 1.54) is 18.2 Å². The number of benzene rings is 1. The number of carboxylic acids is 1. The fraction of sp³-hybridized carbons (Fsp3) is 0.417. The second-order valence-corrected chi connectivity index (χ2v) is 4.16. The van der Waals surface area contributed by atoms with E-state index in [1.54, 1.807) is 6.92 Å². The van der Waals surface area contributed by atoms with Crippen molar-refractivity contribution < 1.29 is 19.6 Å². The Kier molecular flexibility index (Phi) is 4.38. The number of rotatable bonds is 5. The molecule has 0 aromatic heterocycles. The van der Waals surface area contributed by atoms with Gasteiger partial charge in [-0.05, 0) is 32.9 Å². The second kappa shape index (κ2) is 5.59. The zero-order valence-electron chi connectivity index (χ0n) is 10.4. The van der Waals surface area contributed by atoms with Crippen LogP contribution in [0.1, 0.15) is 42.8 Å². The van der Waals surface area contributed by atoms with Gasteiger partial charge in [-0.15, -0.1) is 0 Å². The highest BCUT2D eigenvalue weighted by molar-refractivity contribution is 5.88. The van der Waals surface area contributed by atoms with Gasteiger partial charge in [0.05, 0.1) is 28.3 Å². The molecule has 0 saturated heterocycles. The highest BCUT2D eigenvalue weighted by Crippen LogP contribution is 2.29. The van der Waals surface area contributed by atoms with Gasteiger partial charge in [0.25, 0.3) is 5.69 Å². The van der Waals surface area contributed by atoms with Crippen molar-refractivity contribution in [3.63, 3.8) is 0 Å². The van der Waals surface area contributed by atoms with E-state index in [4.69, 9.17) is 9.84 Å². The maximum absolute atomic E-state index is 10.9. The van der Waals surface area contributed by atoms with Crippen LogP contribution in [0.5, 0.6) is 0 Å². The Morgan fingerprint density at radius 3 is 2.44 bits per heavy atom. The van der Waals surface area contributed by atoms with Gasteiger partial charge >= 0.3 is 5.97 Å². The van der Waals surface area contributed by atoms with E-state index in [0.29, 0.717) is 0 Å². The molecule has 6 heteroatoms. The molecule has 0 fully saturated rings. The molecule has 0 bridgehead atoms. The Bertz CT molecular complexity index is 470. The molecule has 0 aliphatic rings. The van der Waals surface area contributed by atoms with Crippen molar-refractivity contribution in [1.29, 1.82) is 0 Å². The number of hydrogen-bond donors (Lipinski definition) is 1. The van der Waals surface area contributed by atoms with E-state index < -0.39 is 17.0 Å². The molecule has 0 radical (unpaired) electrons. The normalized spacial score (nSPS) is 12.4. The summed E-state index contributed by atoms with van der Waals surface area (Å²) in [6, 6.07) is 3.69. The van der Waals surface area contributed by atoms with E-state index in [-0.39, 0.29) is 22.9 Å². The van der Waals surface area contributed by atoms with Crippen LogP contribution < -0.4 is 0 Å². The van der Waals surface area contributed by atoms with E-state index in [2.05, 4.69) is 0 Å². The van der Waals surface area contributed by atoms with Crippen LogP contribution in [0.3, 0.4) is 0 Å². The van der Waals surface area contributed by atoms with Gasteiger partial charge in [0, 0.05) is 6.07 Å². The van der Waals surface area contributed by atoms with Gasteiger partial charge in [0.1, 0.15) is 0 Å². The quantitative estimate of drug-likeness (QED) is 0.643. The molecule has 0 spiro atoms. The first-order valence-corrected chi connectivity index (χ1v) is 5.50. The summed E-state index contributed by atoms with van der Waals surface area (Å²) in [7, 11) is 0. The Morgan fingerprint density at radius 1 is 1.39 bits per heavy atom. The van der Waals surface area contributed by atoms with Gasteiger partial charge in [-0.25, -0.2) is 4.79 Å². The Balaban J connectivity index is 3.22. The van der Waals surface area contributed by atoms with Crippen molar-refractivity contribution in [2.45, 2.75) is 33.0 Å². The van der Waals surface area contributed by atoms with Crippen molar-refractivity contribution in [2.24, 2.45) is 0 Å². The standard InChI is InChI=1S/C12H15NO5/c1-7(2)18-8(3)10-6-9(12(14)15)4-5-11(10)13(16)17/h4-8H,1-3H3,(H,14,15). The molecular weight excluding hydrogens is 238 g/mol. The van der Waals surface area contributed by atoms with Crippen LogP contribution in [-0.4, -0.2) is 22.1 Å². The lowest BCUT2D eigenvalue weighted by Crippen LogP contribution is -2.10. The molecule has 18 heavy (non-hydrogen) atoms. The molecule has 0 aliphatic carbocycles. The molecule has 0 aliphatic heterocycles. The fourth-order valence-electron chi connectivity index (χ4n) is 1.66. The first-order chi connectivity index (χ1) is 8.32. The van der Waals surface area contributed by atoms with Gasteiger partial charge in [-0.2, -0.15) is 0 Å². The predicted octanol–water partition coefficient (Wildman–Crippen LogP) is 2.78. The SMILES string of the molecule is CC(C)OC(C)c1cc(C(=O)O)ccc1[N+](=O)[O-]. The van der Waals surface area contributed by atoms with Gasteiger partial charge in [0.2, 0.25) is 0 Å². The number of nitro groups is 1. The molecule has 1 unspecified atom stereocenters. The average molecular weight is 253 g/mol. The maximum Gasteiger partial charge on any atom is 0.335 e. The average Bonchev–Trinajstić information content (AvgIpc) is 2.26. The molecule has 0 heterocycles. The van der Waals surface area contributed by atoms with E-state index in [9.17, 15) is 14.9 Å². The second-order valence-electron chi connectivity index (χ2n) is 4.16. The van der Waals surface area contributed by atoms with Crippen LogP contribution in [0.15, 0.2) is 18.2 Å². The minimum Gasteiger partial charge on any atom is -0.478 e. The van der Waals surface area contributed by atoms with Crippen molar-refractivity contribution in [2.75, 3.05) is 0 Å². The highest BCUT2D eigenvalue weighted by Gasteiger charge is 2.22. The van der Waals surface area contributed by atoms with Crippen LogP contribution in [0, 0.1) is 10.1 Å². The van der Waals surface area contributed by atoms with E-state index >= 15 is 0 Å². The van der Waals surface area contributed by atoms with Crippen LogP contribution in [0.2, 0.25) is 0 Å². The van der Waals surface area contributed by atoms with Crippen molar-refractivity contribution in [3.05, 3.63) is 39.4 Å². The van der Waals surface area contributed by atoms with Gasteiger partial charge < -0.3 is 9.84 Å². The third-order valence-corrected chi connectivity index (χ3v) is 2.39. The van der Waals surface area contributed by atoms with Crippen molar-refractivity contribution >= 4 is 11.7 Å². The minimum absolute atomic E-state index is 0.00908. The number of nitrogens with zero attached hydrogens (tertiary/aromatic N) is 1. The molecular formula is C12H15NO5. The monoisotopic (exact) mass is 253 g/mol. The van der Waals surface area contributed by atoms with Gasteiger partial charge in [0.15, 0.2) is 0 Å². The molecule has 1 rings (SSSR count). The summed E-state index contributed by atoms with van der Waals surface area (Å²) in [6.45, 7) is 5.28. The predicted molar refractivity (Wildman–Crippen MR) is 64.7 cm³/mol. The molecule has 0 amide bonds. The topological polar surface area (TPSA) is 89.7 Å². The zero-order valence-corrected chi connectivity index (χ0v) is 10.4. The first-order valence-electron chi connectivity index (χ1n) is 5.50. The van der Waals surface area contributed by atoms with Crippen LogP contribution in [0.4, 0.5) is 5.69 Å². The third-order valence-electron chi connectivity index (χ3n) is 2.39. The molecule has 6 nitrogen and oxygen atoms in total. The molecule has 1 aromatic rings. The molecule has 1 aromatic carbocycles. The summed E-state index contributed by atoms with van der Waals surface area (Å²) < 4.78 is 5.46. The van der Waals surface area contributed by atoms with Crippen molar-refractivity contribution in [3.8, 4) is 0 Å². The Hall–Kier alpha value is -1.95. The van der Waals surface area contributed by atoms with Crippen LogP contribution in [-0.2, 0) is 4.74 Å². The summed E-state index contributed by atoms with van der Waals surface area (Å²) in [5.41, 5.74) is 0.150. The largest absolute Gasteiger partial charge is 0.478 e. The lowest BCUT2D eigenvalue weighted by Gasteiger charge is -2.16. The van der Waals surface area contributed by atoms with E-state index in [0.717, 1.165) is 0 Å². The molecule has 98 valence electrons. The van der Waals surface area contributed by atoms with Crippen LogP contribution in [0.25, 0.3) is 0 Å². The van der Waals surface area contributed by atoms with Gasteiger partial charge in [-0.1, -0.05) is 0 Å². The summed E-state index contributed by atoms with van der Waals surface area (Å²) in [5.74, 6) is -1.12. The summed E-state index contributed by atoms with van der Waals surface area (Å²) >= 11 is 0. The third kappa shape index (κ3) is 3.27. The van der Waals surface area contributed by atoms with Gasteiger partial charge in [-0.3, -0.25) is 10.1 Å². The Morgan fingerprint density at radius 2 is 2.00 bits per heavy atom. The van der Waals surface area contributed by atoms with Crippen molar-refractivity contribution in [1.82, 2.24) is 0 Å². The van der Waals surface area contributed by atoms with Crippen LogP contribution >= 0.6 is 0 Å². The van der Waals surface area contributed by atoms with E-state index in [1.807, 2.05) is 13.8 Å². The zero-order chi connectivity index (χ0) is 13.9. The molecule has 1 atom stereocenters. The first kappa shape index (κ1) is 14.1. The fourth-order valence-corrected chi connectivity index (χ4v) is 1.66. The maximum atomic E-state index is 10.9.